The van der Waals surface area contributed by atoms with E-state index < -0.39 is 0 Å². The van der Waals surface area contributed by atoms with Crippen LogP contribution in [0.25, 0.3) is 6.08 Å². The molecule has 4 nitrogen and oxygen atoms in total. The molecule has 148 valence electrons. The number of halogens is 2. The normalized spacial score (nSPS) is 10.7. The van der Waals surface area contributed by atoms with Crippen molar-refractivity contribution in [3.63, 3.8) is 0 Å². The van der Waals surface area contributed by atoms with Crippen molar-refractivity contribution in [2.75, 3.05) is 12.4 Å². The lowest BCUT2D eigenvalue weighted by Gasteiger charge is -2.11. The van der Waals surface area contributed by atoms with Crippen LogP contribution in [-0.2, 0) is 11.4 Å². The molecule has 0 atom stereocenters. The molecule has 3 aromatic carbocycles. The minimum Gasteiger partial charge on any atom is -0.493 e. The van der Waals surface area contributed by atoms with Crippen molar-refractivity contribution in [3.05, 3.63) is 93.4 Å². The highest BCUT2D eigenvalue weighted by molar-refractivity contribution is 9.10. The maximum Gasteiger partial charge on any atom is 0.248 e. The van der Waals surface area contributed by atoms with Gasteiger partial charge in [-0.3, -0.25) is 4.79 Å². The fraction of sp³-hybridized carbons (Fsp3) is 0.0870. The van der Waals surface area contributed by atoms with E-state index in [0.29, 0.717) is 23.1 Å². The lowest BCUT2D eigenvalue weighted by atomic mass is 10.2. The molecule has 0 aliphatic carbocycles. The summed E-state index contributed by atoms with van der Waals surface area (Å²) in [5.74, 6) is 1.00. The van der Waals surface area contributed by atoms with Crippen LogP contribution in [-0.4, -0.2) is 13.0 Å². The van der Waals surface area contributed by atoms with Gasteiger partial charge in [0.1, 0.15) is 6.61 Å². The standard InChI is InChI=1S/C23H19BrClNO3/c1-28-22-14-16(5-13-23(27)26-20-10-6-18(24)7-11-20)4-12-21(22)29-15-17-2-8-19(25)9-3-17/h2-14H,15H2,1H3,(H,26,27)/b13-5+. The van der Waals surface area contributed by atoms with Crippen molar-refractivity contribution in [3.8, 4) is 11.5 Å². The van der Waals surface area contributed by atoms with Crippen LogP contribution < -0.4 is 14.8 Å². The molecular formula is C23H19BrClNO3. The third-order valence-electron chi connectivity index (χ3n) is 4.03. The van der Waals surface area contributed by atoms with E-state index in [0.717, 1.165) is 21.3 Å². The Balaban J connectivity index is 1.62. The Kier molecular flexibility index (Phi) is 7.33. The molecule has 1 N–H and O–H groups in total. The van der Waals surface area contributed by atoms with E-state index >= 15 is 0 Å². The summed E-state index contributed by atoms with van der Waals surface area (Å²) >= 11 is 9.27. The number of benzene rings is 3. The van der Waals surface area contributed by atoms with Gasteiger partial charge >= 0.3 is 0 Å². The lowest BCUT2D eigenvalue weighted by Crippen LogP contribution is -2.07. The molecule has 3 aromatic rings. The van der Waals surface area contributed by atoms with Crippen molar-refractivity contribution in [1.82, 2.24) is 0 Å². The Labute approximate surface area is 183 Å². The second-order valence-corrected chi connectivity index (χ2v) is 7.51. The van der Waals surface area contributed by atoms with Crippen LogP contribution in [0, 0.1) is 0 Å². The fourth-order valence-electron chi connectivity index (χ4n) is 2.54. The summed E-state index contributed by atoms with van der Waals surface area (Å²) in [5, 5.41) is 3.50. The highest BCUT2D eigenvalue weighted by Gasteiger charge is 2.06. The number of hydrogen-bond acceptors (Lipinski definition) is 3. The largest absolute Gasteiger partial charge is 0.493 e. The van der Waals surface area contributed by atoms with Crippen molar-refractivity contribution in [2.24, 2.45) is 0 Å². The predicted molar refractivity (Wildman–Crippen MR) is 121 cm³/mol. The maximum absolute atomic E-state index is 12.1. The molecule has 0 bridgehead atoms. The smallest absolute Gasteiger partial charge is 0.248 e. The molecule has 0 saturated heterocycles. The second kappa shape index (κ2) is 10.1. The summed E-state index contributed by atoms with van der Waals surface area (Å²) < 4.78 is 12.2. The van der Waals surface area contributed by atoms with Gasteiger partial charge in [-0.25, -0.2) is 0 Å². The Morgan fingerprint density at radius 2 is 1.76 bits per heavy atom. The number of hydrogen-bond donors (Lipinski definition) is 1. The zero-order valence-electron chi connectivity index (χ0n) is 15.7. The van der Waals surface area contributed by atoms with Crippen molar-refractivity contribution in [2.45, 2.75) is 6.61 Å². The van der Waals surface area contributed by atoms with Crippen LogP contribution in [0.3, 0.4) is 0 Å². The molecule has 0 aliphatic heterocycles. The summed E-state index contributed by atoms with van der Waals surface area (Å²) in [7, 11) is 1.58. The number of ether oxygens (including phenoxy) is 2. The summed E-state index contributed by atoms with van der Waals surface area (Å²) in [6.45, 7) is 0.401. The lowest BCUT2D eigenvalue weighted by molar-refractivity contribution is -0.111. The molecule has 0 fully saturated rings. The van der Waals surface area contributed by atoms with Gasteiger partial charge in [-0.15, -0.1) is 0 Å². The average molecular weight is 473 g/mol. The third kappa shape index (κ3) is 6.38. The van der Waals surface area contributed by atoms with Gasteiger partial charge in [-0.05, 0) is 65.7 Å². The molecule has 0 spiro atoms. The van der Waals surface area contributed by atoms with E-state index in [1.54, 1.807) is 13.2 Å². The van der Waals surface area contributed by atoms with Crippen molar-refractivity contribution < 1.29 is 14.3 Å². The first-order valence-electron chi connectivity index (χ1n) is 8.83. The third-order valence-corrected chi connectivity index (χ3v) is 4.81. The van der Waals surface area contributed by atoms with Gasteiger partial charge in [-0.1, -0.05) is 45.7 Å². The van der Waals surface area contributed by atoms with Crippen molar-refractivity contribution in [1.29, 1.82) is 0 Å². The zero-order chi connectivity index (χ0) is 20.6. The maximum atomic E-state index is 12.1. The van der Waals surface area contributed by atoms with Gasteiger partial charge < -0.3 is 14.8 Å². The molecular weight excluding hydrogens is 454 g/mol. The number of amides is 1. The Bertz CT molecular complexity index is 1000. The Morgan fingerprint density at radius 1 is 1.03 bits per heavy atom. The summed E-state index contributed by atoms with van der Waals surface area (Å²) in [6.07, 6.45) is 3.20. The number of carbonyl (C=O) groups excluding carboxylic acids is 1. The number of anilines is 1. The highest BCUT2D eigenvalue weighted by Crippen LogP contribution is 2.29. The van der Waals surface area contributed by atoms with Gasteiger partial charge in [0.25, 0.3) is 0 Å². The molecule has 6 heteroatoms. The molecule has 0 aliphatic rings. The van der Waals surface area contributed by atoms with Crippen LogP contribution in [0.1, 0.15) is 11.1 Å². The summed E-state index contributed by atoms with van der Waals surface area (Å²) in [6, 6.07) is 20.4. The van der Waals surface area contributed by atoms with Crippen LogP contribution >= 0.6 is 27.5 Å². The molecule has 0 heterocycles. The Hall–Kier alpha value is -2.76. The van der Waals surface area contributed by atoms with Gasteiger partial charge in [0.15, 0.2) is 11.5 Å². The first kappa shape index (κ1) is 21.0. The van der Waals surface area contributed by atoms with E-state index in [4.69, 9.17) is 21.1 Å². The first-order chi connectivity index (χ1) is 14.0. The number of rotatable bonds is 7. The topological polar surface area (TPSA) is 47.6 Å². The minimum absolute atomic E-state index is 0.214. The molecule has 29 heavy (non-hydrogen) atoms. The second-order valence-electron chi connectivity index (χ2n) is 6.15. The molecule has 0 aromatic heterocycles. The Morgan fingerprint density at radius 3 is 2.45 bits per heavy atom. The SMILES string of the molecule is COc1cc(/C=C/C(=O)Nc2ccc(Br)cc2)ccc1OCc1ccc(Cl)cc1. The van der Waals surface area contributed by atoms with E-state index in [2.05, 4.69) is 21.2 Å². The molecule has 0 saturated carbocycles. The molecule has 0 radical (unpaired) electrons. The quantitative estimate of drug-likeness (QED) is 0.408. The number of methoxy groups -OCH3 is 1. The monoisotopic (exact) mass is 471 g/mol. The highest BCUT2D eigenvalue weighted by atomic mass is 79.9. The number of nitrogens with one attached hydrogen (secondary N) is 1. The van der Waals surface area contributed by atoms with Gasteiger partial charge in [0.2, 0.25) is 5.91 Å². The van der Waals surface area contributed by atoms with E-state index in [9.17, 15) is 4.79 Å². The average Bonchev–Trinajstić information content (AvgIpc) is 2.74. The molecule has 1 amide bonds. The van der Waals surface area contributed by atoms with Crippen LogP contribution in [0.5, 0.6) is 11.5 Å². The minimum atomic E-state index is -0.214. The zero-order valence-corrected chi connectivity index (χ0v) is 18.0. The van der Waals surface area contributed by atoms with Gasteiger partial charge in [0, 0.05) is 21.3 Å². The van der Waals surface area contributed by atoms with Crippen LogP contribution in [0.2, 0.25) is 5.02 Å². The van der Waals surface area contributed by atoms with E-state index in [1.165, 1.54) is 6.08 Å². The fourth-order valence-corrected chi connectivity index (χ4v) is 2.93. The predicted octanol–water partition coefficient (Wildman–Crippen LogP) is 6.34. The van der Waals surface area contributed by atoms with E-state index in [1.807, 2.05) is 66.7 Å². The summed E-state index contributed by atoms with van der Waals surface area (Å²) in [4.78, 5) is 12.1. The van der Waals surface area contributed by atoms with Gasteiger partial charge in [-0.2, -0.15) is 0 Å². The number of carbonyl (C=O) groups is 1. The first-order valence-corrected chi connectivity index (χ1v) is 10.0. The molecule has 3 rings (SSSR count). The van der Waals surface area contributed by atoms with Gasteiger partial charge in [0.05, 0.1) is 7.11 Å². The van der Waals surface area contributed by atoms with Crippen LogP contribution in [0.4, 0.5) is 5.69 Å². The summed E-state index contributed by atoms with van der Waals surface area (Å²) in [5.41, 5.74) is 2.56. The van der Waals surface area contributed by atoms with E-state index in [-0.39, 0.29) is 5.91 Å². The van der Waals surface area contributed by atoms with Crippen LogP contribution in [0.15, 0.2) is 77.3 Å². The molecule has 0 unspecified atom stereocenters. The van der Waals surface area contributed by atoms with Crippen molar-refractivity contribution >= 4 is 45.2 Å².